The summed E-state index contributed by atoms with van der Waals surface area (Å²) in [5, 5.41) is 7.01. The standard InChI is InChI=1S/C17H17N7O2/c18-16-15(20-4-5-21-16)14-10-24(6-7-26-14)17(25)13-8-12(22-23-13)11-2-1-3-19-9-11/h1-5,8-9,14H,6-7,10H2,(H2,18,21)(H,22,23)/t14-/m1/s1. The number of nitrogens with one attached hydrogen (secondary N) is 1. The average molecular weight is 351 g/mol. The van der Waals surface area contributed by atoms with Gasteiger partial charge in [-0.15, -0.1) is 0 Å². The Hall–Kier alpha value is -3.33. The van der Waals surface area contributed by atoms with Gasteiger partial charge in [-0.25, -0.2) is 4.98 Å². The Morgan fingerprint density at radius 1 is 1.31 bits per heavy atom. The Morgan fingerprint density at radius 3 is 3.00 bits per heavy atom. The van der Waals surface area contributed by atoms with Gasteiger partial charge in [0.1, 0.15) is 23.3 Å². The molecule has 0 unspecified atom stereocenters. The van der Waals surface area contributed by atoms with Crippen molar-refractivity contribution < 1.29 is 9.53 Å². The van der Waals surface area contributed by atoms with Gasteiger partial charge in [-0.05, 0) is 18.2 Å². The quantitative estimate of drug-likeness (QED) is 0.723. The third-order valence-corrected chi connectivity index (χ3v) is 4.18. The van der Waals surface area contributed by atoms with Crippen LogP contribution >= 0.6 is 0 Å². The second-order valence-electron chi connectivity index (χ2n) is 5.85. The molecule has 9 nitrogen and oxygen atoms in total. The highest BCUT2D eigenvalue weighted by atomic mass is 16.5. The van der Waals surface area contributed by atoms with E-state index < -0.39 is 6.10 Å². The summed E-state index contributed by atoms with van der Waals surface area (Å²) >= 11 is 0. The third kappa shape index (κ3) is 3.11. The van der Waals surface area contributed by atoms with Crippen LogP contribution in [0.25, 0.3) is 11.3 Å². The molecule has 3 aromatic heterocycles. The SMILES string of the molecule is Nc1nccnc1[C@H]1CN(C(=O)c2cc(-c3cccnc3)n[nH]2)CCO1. The molecule has 0 bridgehead atoms. The van der Waals surface area contributed by atoms with Gasteiger partial charge in [0.05, 0.1) is 18.8 Å². The van der Waals surface area contributed by atoms with E-state index in [9.17, 15) is 4.79 Å². The molecule has 3 N–H and O–H groups in total. The average Bonchev–Trinajstić information content (AvgIpc) is 3.19. The van der Waals surface area contributed by atoms with Gasteiger partial charge < -0.3 is 15.4 Å². The number of aromatic nitrogens is 5. The highest BCUT2D eigenvalue weighted by Crippen LogP contribution is 2.25. The Labute approximate surface area is 149 Å². The number of H-pyrrole nitrogens is 1. The number of nitrogen functional groups attached to an aromatic ring is 1. The van der Waals surface area contributed by atoms with E-state index in [1.54, 1.807) is 29.6 Å². The first-order valence-corrected chi connectivity index (χ1v) is 8.15. The Balaban J connectivity index is 1.51. The summed E-state index contributed by atoms with van der Waals surface area (Å²) in [5.41, 5.74) is 8.35. The van der Waals surface area contributed by atoms with Crippen molar-refractivity contribution in [3.05, 3.63) is 54.4 Å². The maximum absolute atomic E-state index is 12.8. The fourth-order valence-electron chi connectivity index (χ4n) is 2.87. The zero-order valence-electron chi connectivity index (χ0n) is 13.9. The van der Waals surface area contributed by atoms with Gasteiger partial charge in [0.25, 0.3) is 5.91 Å². The maximum atomic E-state index is 12.8. The number of hydrogen-bond donors (Lipinski definition) is 2. The lowest BCUT2D eigenvalue weighted by molar-refractivity contribution is -0.0246. The largest absolute Gasteiger partial charge is 0.382 e. The lowest BCUT2D eigenvalue weighted by Crippen LogP contribution is -2.42. The van der Waals surface area contributed by atoms with Crippen molar-refractivity contribution in [3.8, 4) is 11.3 Å². The molecule has 1 amide bonds. The van der Waals surface area contributed by atoms with Gasteiger partial charge in [-0.3, -0.25) is 19.9 Å². The molecule has 132 valence electrons. The van der Waals surface area contributed by atoms with Crippen LogP contribution in [0.3, 0.4) is 0 Å². The summed E-state index contributed by atoms with van der Waals surface area (Å²) in [6, 6.07) is 5.43. The predicted molar refractivity (Wildman–Crippen MR) is 92.9 cm³/mol. The van der Waals surface area contributed by atoms with E-state index in [4.69, 9.17) is 10.5 Å². The highest BCUT2D eigenvalue weighted by Gasteiger charge is 2.29. The predicted octanol–water partition coefficient (Wildman–Crippen LogP) is 1.06. The first-order valence-electron chi connectivity index (χ1n) is 8.15. The van der Waals surface area contributed by atoms with E-state index in [2.05, 4.69) is 25.1 Å². The molecule has 1 fully saturated rings. The monoisotopic (exact) mass is 351 g/mol. The Morgan fingerprint density at radius 2 is 2.19 bits per heavy atom. The van der Waals surface area contributed by atoms with E-state index in [-0.39, 0.29) is 5.91 Å². The number of carbonyl (C=O) groups excluding carboxylic acids is 1. The molecule has 3 aromatic rings. The van der Waals surface area contributed by atoms with Crippen molar-refractivity contribution in [2.24, 2.45) is 0 Å². The molecule has 26 heavy (non-hydrogen) atoms. The number of hydrogen-bond acceptors (Lipinski definition) is 7. The highest BCUT2D eigenvalue weighted by molar-refractivity contribution is 5.93. The molecule has 1 aliphatic rings. The zero-order chi connectivity index (χ0) is 17.9. The molecule has 0 spiro atoms. The van der Waals surface area contributed by atoms with Crippen molar-refractivity contribution in [3.63, 3.8) is 0 Å². The number of aromatic amines is 1. The smallest absolute Gasteiger partial charge is 0.272 e. The first kappa shape index (κ1) is 16.2. The lowest BCUT2D eigenvalue weighted by atomic mass is 10.1. The second kappa shape index (κ2) is 6.89. The van der Waals surface area contributed by atoms with Crippen molar-refractivity contribution in [2.45, 2.75) is 6.10 Å². The van der Waals surface area contributed by atoms with Crippen LogP contribution in [0.1, 0.15) is 22.3 Å². The Kier molecular flexibility index (Phi) is 4.28. The van der Waals surface area contributed by atoms with Gasteiger partial charge >= 0.3 is 0 Å². The van der Waals surface area contributed by atoms with E-state index in [1.165, 1.54) is 6.20 Å². The minimum Gasteiger partial charge on any atom is -0.382 e. The number of morpholine rings is 1. The molecule has 1 atom stereocenters. The van der Waals surface area contributed by atoms with Gasteiger partial charge in [0, 0.05) is 36.9 Å². The molecule has 9 heteroatoms. The second-order valence-corrected chi connectivity index (χ2v) is 5.85. The minimum atomic E-state index is -0.401. The molecule has 0 aromatic carbocycles. The molecular formula is C17H17N7O2. The van der Waals surface area contributed by atoms with Gasteiger partial charge in [-0.1, -0.05) is 0 Å². The minimum absolute atomic E-state index is 0.150. The van der Waals surface area contributed by atoms with Crippen LogP contribution in [-0.4, -0.2) is 55.7 Å². The normalized spacial score (nSPS) is 17.2. The molecule has 0 radical (unpaired) electrons. The topological polar surface area (TPSA) is 123 Å². The number of rotatable bonds is 3. The van der Waals surface area contributed by atoms with Crippen molar-refractivity contribution in [1.29, 1.82) is 0 Å². The van der Waals surface area contributed by atoms with Crippen molar-refractivity contribution >= 4 is 11.7 Å². The van der Waals surface area contributed by atoms with Gasteiger partial charge in [0.2, 0.25) is 0 Å². The molecule has 0 aliphatic carbocycles. The summed E-state index contributed by atoms with van der Waals surface area (Å²) in [7, 11) is 0. The fraction of sp³-hybridized carbons (Fsp3) is 0.235. The lowest BCUT2D eigenvalue weighted by Gasteiger charge is -2.32. The summed E-state index contributed by atoms with van der Waals surface area (Å²) in [6.45, 7) is 1.23. The van der Waals surface area contributed by atoms with Crippen LogP contribution in [0.4, 0.5) is 5.82 Å². The molecule has 4 heterocycles. The molecule has 1 aliphatic heterocycles. The summed E-state index contributed by atoms with van der Waals surface area (Å²) < 4.78 is 5.73. The molecule has 0 saturated carbocycles. The maximum Gasteiger partial charge on any atom is 0.272 e. The van der Waals surface area contributed by atoms with Crippen LogP contribution in [0, 0.1) is 0 Å². The summed E-state index contributed by atoms with van der Waals surface area (Å²) in [5.74, 6) is 0.163. The number of nitrogens with zero attached hydrogens (tertiary/aromatic N) is 5. The fourth-order valence-corrected chi connectivity index (χ4v) is 2.87. The van der Waals surface area contributed by atoms with E-state index in [0.717, 1.165) is 5.56 Å². The number of nitrogens with two attached hydrogens (primary N) is 1. The first-order chi connectivity index (χ1) is 12.7. The number of amides is 1. The van der Waals surface area contributed by atoms with Crippen molar-refractivity contribution in [2.75, 3.05) is 25.4 Å². The van der Waals surface area contributed by atoms with Crippen LogP contribution in [0.2, 0.25) is 0 Å². The molecule has 4 rings (SSSR count). The van der Waals surface area contributed by atoms with E-state index in [1.807, 2.05) is 12.1 Å². The summed E-state index contributed by atoms with van der Waals surface area (Å²) in [6.07, 6.45) is 6.07. The van der Waals surface area contributed by atoms with Crippen LogP contribution < -0.4 is 5.73 Å². The number of ether oxygens (including phenoxy) is 1. The number of carbonyl (C=O) groups is 1. The third-order valence-electron chi connectivity index (χ3n) is 4.18. The molecular weight excluding hydrogens is 334 g/mol. The zero-order valence-corrected chi connectivity index (χ0v) is 13.9. The van der Waals surface area contributed by atoms with E-state index >= 15 is 0 Å². The van der Waals surface area contributed by atoms with Gasteiger partial charge in [0.15, 0.2) is 0 Å². The Bertz CT molecular complexity index is 912. The summed E-state index contributed by atoms with van der Waals surface area (Å²) in [4.78, 5) is 26.8. The number of anilines is 1. The van der Waals surface area contributed by atoms with Gasteiger partial charge in [-0.2, -0.15) is 5.10 Å². The van der Waals surface area contributed by atoms with Crippen LogP contribution in [0.5, 0.6) is 0 Å². The van der Waals surface area contributed by atoms with E-state index in [0.29, 0.717) is 42.6 Å². The van der Waals surface area contributed by atoms with Crippen LogP contribution in [0.15, 0.2) is 43.0 Å². The molecule has 1 saturated heterocycles. The van der Waals surface area contributed by atoms with Crippen LogP contribution in [-0.2, 0) is 4.74 Å². The number of pyridine rings is 1. The van der Waals surface area contributed by atoms with Crippen molar-refractivity contribution in [1.82, 2.24) is 30.0 Å².